The highest BCUT2D eigenvalue weighted by molar-refractivity contribution is 5.67. The highest BCUT2D eigenvalue weighted by Crippen LogP contribution is 2.13. The predicted molar refractivity (Wildman–Crippen MR) is 51.0 cm³/mol. The molecule has 0 unspecified atom stereocenters. The van der Waals surface area contributed by atoms with Gasteiger partial charge in [0.05, 0.1) is 6.61 Å². The first-order valence-electron chi connectivity index (χ1n) is 5.15. The molecule has 0 saturated carbocycles. The van der Waals surface area contributed by atoms with E-state index in [4.69, 9.17) is 4.74 Å². The number of carbonyl (C=O) groups excluding carboxylic acids is 1. The van der Waals surface area contributed by atoms with Crippen LogP contribution < -0.4 is 10.6 Å². The third-order valence-electron chi connectivity index (χ3n) is 2.34. The van der Waals surface area contributed by atoms with Gasteiger partial charge in [-0.2, -0.15) is 13.2 Å². The van der Waals surface area contributed by atoms with Gasteiger partial charge in [-0.15, -0.1) is 0 Å². The summed E-state index contributed by atoms with van der Waals surface area (Å²) in [7, 11) is 0. The van der Waals surface area contributed by atoms with Crippen molar-refractivity contribution in [3.8, 4) is 0 Å². The van der Waals surface area contributed by atoms with Crippen molar-refractivity contribution in [3.63, 3.8) is 0 Å². The maximum absolute atomic E-state index is 11.7. The summed E-state index contributed by atoms with van der Waals surface area (Å²) in [5.74, 6) is 0.248. The van der Waals surface area contributed by atoms with Gasteiger partial charge in [-0.25, -0.2) is 4.79 Å². The zero-order valence-corrected chi connectivity index (χ0v) is 8.77. The van der Waals surface area contributed by atoms with Gasteiger partial charge in [0.2, 0.25) is 0 Å². The Hall–Kier alpha value is -0.980. The van der Waals surface area contributed by atoms with Crippen LogP contribution in [-0.2, 0) is 4.74 Å². The number of alkyl carbamates (subject to hydrolysis) is 1. The molecule has 0 aromatic rings. The number of piperidine rings is 1. The van der Waals surface area contributed by atoms with E-state index in [1.807, 2.05) is 0 Å². The number of alkyl halides is 3. The second-order valence-corrected chi connectivity index (χ2v) is 3.76. The zero-order valence-electron chi connectivity index (χ0n) is 8.77. The molecule has 0 atom stereocenters. The van der Waals surface area contributed by atoms with Crippen molar-refractivity contribution < 1.29 is 22.7 Å². The van der Waals surface area contributed by atoms with Crippen LogP contribution in [0.5, 0.6) is 0 Å². The van der Waals surface area contributed by atoms with Crippen molar-refractivity contribution >= 4 is 6.09 Å². The van der Waals surface area contributed by atoms with Gasteiger partial charge >= 0.3 is 12.3 Å². The van der Waals surface area contributed by atoms with Gasteiger partial charge in [0.15, 0.2) is 0 Å². The number of nitrogens with one attached hydrogen (secondary N) is 2. The number of rotatable bonds is 3. The Bertz CT molecular complexity index is 227. The van der Waals surface area contributed by atoms with Crippen LogP contribution in [0.4, 0.5) is 18.0 Å². The third-order valence-corrected chi connectivity index (χ3v) is 2.34. The van der Waals surface area contributed by atoms with Crippen molar-refractivity contribution in [1.29, 1.82) is 0 Å². The Morgan fingerprint density at radius 2 is 2.00 bits per heavy atom. The summed E-state index contributed by atoms with van der Waals surface area (Å²) in [6, 6.07) is 0. The van der Waals surface area contributed by atoms with Crippen molar-refractivity contribution in [2.45, 2.75) is 19.0 Å². The van der Waals surface area contributed by atoms with Crippen LogP contribution in [0.2, 0.25) is 0 Å². The number of carbonyl (C=O) groups is 1. The molecule has 1 fully saturated rings. The van der Waals surface area contributed by atoms with Crippen LogP contribution in [0.3, 0.4) is 0 Å². The van der Waals surface area contributed by atoms with E-state index < -0.39 is 18.8 Å². The number of halogens is 3. The molecule has 0 aromatic carbocycles. The van der Waals surface area contributed by atoms with Crippen molar-refractivity contribution in [2.75, 3.05) is 26.2 Å². The standard InChI is InChI=1S/C9H15F3N2O2/c10-9(11,12)6-14-8(15)16-5-7-1-3-13-4-2-7/h7,13H,1-6H2,(H,14,15). The van der Waals surface area contributed by atoms with Gasteiger partial charge in [-0.05, 0) is 31.8 Å². The second-order valence-electron chi connectivity index (χ2n) is 3.76. The van der Waals surface area contributed by atoms with Crippen LogP contribution in [0.25, 0.3) is 0 Å². The number of hydrogen-bond donors (Lipinski definition) is 2. The number of amides is 1. The average molecular weight is 240 g/mol. The summed E-state index contributed by atoms with van der Waals surface area (Å²) in [4.78, 5) is 10.9. The maximum atomic E-state index is 11.7. The lowest BCUT2D eigenvalue weighted by Gasteiger charge is -2.22. The predicted octanol–water partition coefficient (Wildman–Crippen LogP) is 1.27. The quantitative estimate of drug-likeness (QED) is 0.781. The van der Waals surface area contributed by atoms with E-state index in [0.717, 1.165) is 25.9 Å². The first-order chi connectivity index (χ1) is 7.47. The molecule has 0 aromatic heterocycles. The van der Waals surface area contributed by atoms with Crippen LogP contribution in [0.15, 0.2) is 0 Å². The molecule has 94 valence electrons. The summed E-state index contributed by atoms with van der Waals surface area (Å²) < 4.78 is 39.9. The second kappa shape index (κ2) is 5.93. The van der Waals surface area contributed by atoms with Crippen molar-refractivity contribution in [2.24, 2.45) is 5.92 Å². The van der Waals surface area contributed by atoms with Crippen LogP contribution in [-0.4, -0.2) is 38.5 Å². The molecule has 1 saturated heterocycles. The SMILES string of the molecule is O=C(NCC(F)(F)F)OCC1CCNCC1. The molecule has 16 heavy (non-hydrogen) atoms. The van der Waals surface area contributed by atoms with Crippen LogP contribution in [0.1, 0.15) is 12.8 Å². The molecule has 1 aliphatic rings. The fourth-order valence-corrected chi connectivity index (χ4v) is 1.47. The van der Waals surface area contributed by atoms with E-state index in [1.165, 1.54) is 0 Å². The van der Waals surface area contributed by atoms with E-state index in [-0.39, 0.29) is 12.5 Å². The Labute approximate surface area is 91.5 Å². The lowest BCUT2D eigenvalue weighted by atomic mass is 9.99. The zero-order chi connectivity index (χ0) is 12.0. The Kier molecular flexibility index (Phi) is 4.85. The first-order valence-corrected chi connectivity index (χ1v) is 5.15. The Balaban J connectivity index is 2.09. The lowest BCUT2D eigenvalue weighted by Crippen LogP contribution is -2.36. The van der Waals surface area contributed by atoms with Gasteiger partial charge < -0.3 is 15.4 Å². The molecule has 0 aliphatic carbocycles. The van der Waals surface area contributed by atoms with E-state index >= 15 is 0 Å². The first kappa shape index (κ1) is 13.1. The molecule has 0 radical (unpaired) electrons. The topological polar surface area (TPSA) is 50.4 Å². The fourth-order valence-electron chi connectivity index (χ4n) is 1.47. The highest BCUT2D eigenvalue weighted by atomic mass is 19.4. The van der Waals surface area contributed by atoms with E-state index in [1.54, 1.807) is 5.32 Å². The maximum Gasteiger partial charge on any atom is 0.407 e. The highest BCUT2D eigenvalue weighted by Gasteiger charge is 2.28. The normalized spacial score (nSPS) is 18.2. The minimum Gasteiger partial charge on any atom is -0.449 e. The minimum absolute atomic E-state index is 0.186. The van der Waals surface area contributed by atoms with E-state index in [9.17, 15) is 18.0 Å². The molecular weight excluding hydrogens is 225 g/mol. The van der Waals surface area contributed by atoms with Crippen LogP contribution in [0, 0.1) is 5.92 Å². The molecule has 4 nitrogen and oxygen atoms in total. The molecule has 0 bridgehead atoms. The molecule has 1 rings (SSSR count). The lowest BCUT2D eigenvalue weighted by molar-refractivity contribution is -0.123. The average Bonchev–Trinajstić information content (AvgIpc) is 2.24. The fraction of sp³-hybridized carbons (Fsp3) is 0.889. The largest absolute Gasteiger partial charge is 0.449 e. The summed E-state index contributed by atoms with van der Waals surface area (Å²) in [5, 5.41) is 4.80. The number of ether oxygens (including phenoxy) is 1. The van der Waals surface area contributed by atoms with Crippen molar-refractivity contribution in [1.82, 2.24) is 10.6 Å². The Morgan fingerprint density at radius 3 is 2.56 bits per heavy atom. The molecule has 1 heterocycles. The van der Waals surface area contributed by atoms with E-state index in [0.29, 0.717) is 0 Å². The molecular formula is C9H15F3N2O2. The summed E-state index contributed by atoms with van der Waals surface area (Å²) in [5.41, 5.74) is 0. The van der Waals surface area contributed by atoms with E-state index in [2.05, 4.69) is 5.32 Å². The van der Waals surface area contributed by atoms with Gasteiger partial charge in [0.1, 0.15) is 6.54 Å². The minimum atomic E-state index is -4.40. The Morgan fingerprint density at radius 1 is 1.38 bits per heavy atom. The van der Waals surface area contributed by atoms with Gasteiger partial charge in [0.25, 0.3) is 0 Å². The molecule has 1 amide bonds. The van der Waals surface area contributed by atoms with Gasteiger partial charge in [-0.1, -0.05) is 0 Å². The molecule has 0 spiro atoms. The summed E-state index contributed by atoms with van der Waals surface area (Å²) >= 11 is 0. The molecule has 2 N–H and O–H groups in total. The third kappa shape index (κ3) is 5.79. The summed E-state index contributed by atoms with van der Waals surface area (Å²) in [6.07, 6.45) is -3.64. The molecule has 1 aliphatic heterocycles. The van der Waals surface area contributed by atoms with Crippen molar-refractivity contribution in [3.05, 3.63) is 0 Å². The summed E-state index contributed by atoms with van der Waals surface area (Å²) in [6.45, 7) is 0.555. The molecule has 7 heteroatoms. The van der Waals surface area contributed by atoms with Crippen LogP contribution >= 0.6 is 0 Å². The van der Waals surface area contributed by atoms with Gasteiger partial charge in [-0.3, -0.25) is 0 Å². The smallest absolute Gasteiger partial charge is 0.407 e. The van der Waals surface area contributed by atoms with Gasteiger partial charge in [0, 0.05) is 0 Å². The monoisotopic (exact) mass is 240 g/mol. The number of hydrogen-bond acceptors (Lipinski definition) is 3.